The molecule has 0 heterocycles. The van der Waals surface area contributed by atoms with Crippen LogP contribution in [0.15, 0.2) is 66.7 Å². The molecule has 0 bridgehead atoms. The molecule has 0 aliphatic rings. The van der Waals surface area contributed by atoms with Crippen LogP contribution in [0.25, 0.3) is 0 Å². The van der Waals surface area contributed by atoms with Crippen LogP contribution in [0.5, 0.6) is 5.75 Å². The van der Waals surface area contributed by atoms with Crippen LogP contribution in [0.4, 0.5) is 0 Å². The Bertz CT molecular complexity index is 982. The van der Waals surface area contributed by atoms with E-state index in [1.165, 1.54) is 11.1 Å². The Balaban J connectivity index is 1.97. The van der Waals surface area contributed by atoms with Gasteiger partial charge >= 0.3 is 0 Å². The third-order valence-corrected chi connectivity index (χ3v) is 6.43. The summed E-state index contributed by atoms with van der Waals surface area (Å²) in [4.78, 5) is 0. The van der Waals surface area contributed by atoms with Gasteiger partial charge in [0.25, 0.3) is 0 Å². The summed E-state index contributed by atoms with van der Waals surface area (Å²) in [7, 11) is 0. The fourth-order valence-corrected chi connectivity index (χ4v) is 4.41. The molecule has 0 unspecified atom stereocenters. The van der Waals surface area contributed by atoms with Crippen molar-refractivity contribution in [1.82, 2.24) is 0 Å². The van der Waals surface area contributed by atoms with Gasteiger partial charge in [0.05, 0.1) is 6.61 Å². The lowest BCUT2D eigenvalue weighted by molar-refractivity contribution is 0.280. The minimum atomic E-state index is -0.153. The molecule has 0 atom stereocenters. The molecular formula is C27H34N2O2. The second-order valence-electron chi connectivity index (χ2n) is 7.94. The summed E-state index contributed by atoms with van der Waals surface area (Å²) in [5.41, 5.74) is 18.4. The van der Waals surface area contributed by atoms with Crippen molar-refractivity contribution in [3.8, 4) is 5.75 Å². The molecule has 0 fully saturated rings. The Hall–Kier alpha value is -2.66. The maximum Gasteiger partial charge on any atom is 0.124 e. The van der Waals surface area contributed by atoms with Crippen LogP contribution in [-0.4, -0.2) is 5.11 Å². The normalized spacial score (nSPS) is 11.5. The third-order valence-electron chi connectivity index (χ3n) is 6.43. The SMILES string of the molecule is CCC(CC)(c1ccc(CO)c(CN)c1)c1ccc(OCc2ccccc2)c(CN)c1. The zero-order chi connectivity index (χ0) is 22.3. The van der Waals surface area contributed by atoms with Crippen molar-refractivity contribution in [2.45, 2.75) is 58.4 Å². The van der Waals surface area contributed by atoms with Crippen LogP contribution >= 0.6 is 0 Å². The Kier molecular flexibility index (Phi) is 7.85. The molecule has 0 amide bonds. The highest BCUT2D eigenvalue weighted by Gasteiger charge is 2.31. The molecule has 0 radical (unpaired) electrons. The molecule has 4 heteroatoms. The van der Waals surface area contributed by atoms with Crippen molar-refractivity contribution < 1.29 is 9.84 Å². The molecule has 0 spiro atoms. The smallest absolute Gasteiger partial charge is 0.124 e. The van der Waals surface area contributed by atoms with Gasteiger partial charge in [-0.3, -0.25) is 0 Å². The summed E-state index contributed by atoms with van der Waals surface area (Å²) in [6.45, 7) is 5.78. The average Bonchev–Trinajstić information content (AvgIpc) is 2.84. The molecule has 0 saturated carbocycles. The predicted molar refractivity (Wildman–Crippen MR) is 127 cm³/mol. The summed E-state index contributed by atoms with van der Waals surface area (Å²) in [6.07, 6.45) is 1.89. The van der Waals surface area contributed by atoms with E-state index in [-0.39, 0.29) is 12.0 Å². The van der Waals surface area contributed by atoms with Gasteiger partial charge in [-0.2, -0.15) is 0 Å². The Morgan fingerprint density at radius 3 is 1.97 bits per heavy atom. The van der Waals surface area contributed by atoms with Crippen LogP contribution in [0, 0.1) is 0 Å². The molecule has 31 heavy (non-hydrogen) atoms. The molecule has 0 aromatic heterocycles. The van der Waals surface area contributed by atoms with Gasteiger partial charge in [-0.05, 0) is 52.8 Å². The number of aliphatic hydroxyl groups excluding tert-OH is 1. The summed E-state index contributed by atoms with van der Waals surface area (Å²) in [5.74, 6) is 0.828. The van der Waals surface area contributed by atoms with Crippen LogP contribution in [0.1, 0.15) is 60.1 Å². The quantitative estimate of drug-likeness (QED) is 0.442. The van der Waals surface area contributed by atoms with Gasteiger partial charge in [0.1, 0.15) is 12.4 Å². The number of rotatable bonds is 10. The minimum Gasteiger partial charge on any atom is -0.489 e. The molecule has 4 nitrogen and oxygen atoms in total. The van der Waals surface area contributed by atoms with Gasteiger partial charge in [-0.25, -0.2) is 0 Å². The van der Waals surface area contributed by atoms with Gasteiger partial charge < -0.3 is 21.3 Å². The van der Waals surface area contributed by atoms with E-state index in [2.05, 4.69) is 50.2 Å². The lowest BCUT2D eigenvalue weighted by Crippen LogP contribution is -2.27. The number of hydrogen-bond acceptors (Lipinski definition) is 4. The molecule has 0 saturated heterocycles. The van der Waals surface area contributed by atoms with Crippen LogP contribution < -0.4 is 16.2 Å². The van der Waals surface area contributed by atoms with Gasteiger partial charge in [0, 0.05) is 24.1 Å². The standard InChI is InChI=1S/C27H34N2O2/c1-3-27(4-2,24-11-10-21(18-30)22(14-24)16-28)25-12-13-26(23(15-25)17-29)31-19-20-8-6-5-7-9-20/h5-15,30H,3-4,16-19,28-29H2,1-2H3. The monoisotopic (exact) mass is 418 g/mol. The lowest BCUT2D eigenvalue weighted by Gasteiger charge is -2.34. The van der Waals surface area contributed by atoms with Crippen molar-refractivity contribution in [3.05, 3.63) is 100 Å². The maximum atomic E-state index is 9.62. The number of ether oxygens (including phenoxy) is 1. The fourth-order valence-electron chi connectivity index (χ4n) is 4.41. The first-order valence-corrected chi connectivity index (χ1v) is 11.0. The van der Waals surface area contributed by atoms with E-state index in [0.717, 1.165) is 40.8 Å². The highest BCUT2D eigenvalue weighted by molar-refractivity contribution is 5.47. The Labute approximate surface area is 185 Å². The summed E-state index contributed by atoms with van der Waals surface area (Å²) in [5, 5.41) is 9.62. The van der Waals surface area contributed by atoms with E-state index >= 15 is 0 Å². The summed E-state index contributed by atoms with van der Waals surface area (Å²) in [6, 6.07) is 22.8. The molecule has 0 aliphatic carbocycles. The second kappa shape index (κ2) is 10.6. The first-order valence-electron chi connectivity index (χ1n) is 11.0. The van der Waals surface area contributed by atoms with Crippen LogP contribution in [-0.2, 0) is 31.7 Å². The van der Waals surface area contributed by atoms with Crippen molar-refractivity contribution >= 4 is 0 Å². The Morgan fingerprint density at radius 1 is 0.774 bits per heavy atom. The van der Waals surface area contributed by atoms with Crippen LogP contribution in [0.3, 0.4) is 0 Å². The van der Waals surface area contributed by atoms with Crippen molar-refractivity contribution in [2.24, 2.45) is 11.5 Å². The molecule has 3 rings (SSSR count). The van der Waals surface area contributed by atoms with Gasteiger partial charge in [-0.1, -0.05) is 68.4 Å². The molecule has 164 valence electrons. The minimum absolute atomic E-state index is 0.00281. The van der Waals surface area contributed by atoms with Crippen LogP contribution in [0.2, 0.25) is 0 Å². The maximum absolute atomic E-state index is 9.62. The molecule has 3 aromatic rings. The molecular weight excluding hydrogens is 384 g/mol. The van der Waals surface area contributed by atoms with E-state index in [0.29, 0.717) is 19.7 Å². The van der Waals surface area contributed by atoms with Gasteiger partial charge in [0.15, 0.2) is 0 Å². The molecule has 0 aliphatic heterocycles. The number of benzene rings is 3. The largest absolute Gasteiger partial charge is 0.489 e. The van der Waals surface area contributed by atoms with E-state index < -0.39 is 0 Å². The summed E-state index contributed by atoms with van der Waals surface area (Å²) < 4.78 is 6.10. The fraction of sp³-hybridized carbons (Fsp3) is 0.333. The van der Waals surface area contributed by atoms with Crippen molar-refractivity contribution in [1.29, 1.82) is 0 Å². The number of hydrogen-bond donors (Lipinski definition) is 3. The number of nitrogens with two attached hydrogens (primary N) is 2. The zero-order valence-corrected chi connectivity index (χ0v) is 18.6. The Morgan fingerprint density at radius 2 is 1.39 bits per heavy atom. The predicted octanol–water partition coefficient (Wildman–Crippen LogP) is 4.78. The van der Waals surface area contributed by atoms with Crippen molar-refractivity contribution in [2.75, 3.05) is 0 Å². The zero-order valence-electron chi connectivity index (χ0n) is 18.6. The van der Waals surface area contributed by atoms with Gasteiger partial charge in [0.2, 0.25) is 0 Å². The topological polar surface area (TPSA) is 81.5 Å². The average molecular weight is 419 g/mol. The number of aliphatic hydroxyl groups is 1. The van der Waals surface area contributed by atoms with Crippen molar-refractivity contribution in [3.63, 3.8) is 0 Å². The van der Waals surface area contributed by atoms with Gasteiger partial charge in [-0.15, -0.1) is 0 Å². The van der Waals surface area contributed by atoms with E-state index in [9.17, 15) is 5.11 Å². The van der Waals surface area contributed by atoms with E-state index in [1.54, 1.807) is 0 Å². The summed E-state index contributed by atoms with van der Waals surface area (Å²) >= 11 is 0. The third kappa shape index (κ3) is 4.82. The molecule has 3 aromatic carbocycles. The molecule has 5 N–H and O–H groups in total. The second-order valence-corrected chi connectivity index (χ2v) is 7.94. The lowest BCUT2D eigenvalue weighted by atomic mass is 9.69. The van der Waals surface area contributed by atoms with E-state index in [1.807, 2.05) is 30.3 Å². The highest BCUT2D eigenvalue weighted by atomic mass is 16.5. The first-order chi connectivity index (χ1) is 15.1. The van der Waals surface area contributed by atoms with E-state index in [4.69, 9.17) is 16.2 Å². The first kappa shape index (κ1) is 23.0. The highest BCUT2D eigenvalue weighted by Crippen LogP contribution is 2.41.